The summed E-state index contributed by atoms with van der Waals surface area (Å²) in [4.78, 5) is 1.65. The molecule has 4 heteroatoms. The van der Waals surface area contributed by atoms with Crippen LogP contribution in [-0.2, 0) is 4.74 Å². The highest BCUT2D eigenvalue weighted by molar-refractivity contribution is 4.69. The Kier molecular flexibility index (Phi) is 8.70. The number of rotatable bonds is 10. The summed E-state index contributed by atoms with van der Waals surface area (Å²) >= 11 is 0. The predicted molar refractivity (Wildman–Crippen MR) is 67.6 cm³/mol. The summed E-state index contributed by atoms with van der Waals surface area (Å²) in [7, 11) is 1.72. The molecule has 0 aromatic rings. The third kappa shape index (κ3) is 10.6. The second kappa shape index (κ2) is 8.81. The molecule has 0 aromatic carbocycles. The van der Waals surface area contributed by atoms with Gasteiger partial charge >= 0.3 is 0 Å². The topological polar surface area (TPSA) is 12.5 Å². The van der Waals surface area contributed by atoms with Gasteiger partial charge in [-0.1, -0.05) is 20.8 Å². The molecule has 0 aliphatic rings. The van der Waals surface area contributed by atoms with E-state index in [2.05, 4.69) is 13.8 Å². The number of hydrogen-bond donors (Lipinski definition) is 0. The molecule has 0 atom stereocenters. The van der Waals surface area contributed by atoms with Gasteiger partial charge in [0, 0.05) is 6.61 Å². The van der Waals surface area contributed by atoms with Gasteiger partial charge in [0.05, 0.1) is 6.54 Å². The zero-order valence-electron chi connectivity index (χ0n) is 11.6. The van der Waals surface area contributed by atoms with Crippen molar-refractivity contribution in [3.8, 4) is 0 Å². The van der Waals surface area contributed by atoms with Gasteiger partial charge in [0.15, 0.2) is 0 Å². The van der Waals surface area contributed by atoms with Crippen LogP contribution in [0.15, 0.2) is 0 Å². The molecule has 0 aliphatic heterocycles. The van der Waals surface area contributed by atoms with Crippen LogP contribution in [0.4, 0.5) is 8.78 Å². The molecule has 2 nitrogen and oxygen atoms in total. The van der Waals surface area contributed by atoms with Crippen LogP contribution in [-0.4, -0.2) is 44.2 Å². The van der Waals surface area contributed by atoms with Gasteiger partial charge in [0.2, 0.25) is 0 Å². The molecule has 0 rings (SSSR count). The molecule has 0 fully saturated rings. The lowest BCUT2D eigenvalue weighted by molar-refractivity contribution is -0.0920. The van der Waals surface area contributed by atoms with E-state index in [0.29, 0.717) is 19.1 Å². The smallest absolute Gasteiger partial charge is 0.283 e. The predicted octanol–water partition coefficient (Wildman–Crippen LogP) is 3.42. The second-order valence-electron chi connectivity index (χ2n) is 5.18. The van der Waals surface area contributed by atoms with Crippen LogP contribution in [0.25, 0.3) is 0 Å². The van der Waals surface area contributed by atoms with Crippen molar-refractivity contribution in [2.45, 2.75) is 46.0 Å². The Bertz CT molecular complexity index is 186. The van der Waals surface area contributed by atoms with E-state index in [-0.39, 0.29) is 6.54 Å². The molecular formula is C13H27F2NO. The van der Waals surface area contributed by atoms with Crippen LogP contribution in [0.2, 0.25) is 0 Å². The fourth-order valence-electron chi connectivity index (χ4n) is 1.72. The first-order valence-electron chi connectivity index (χ1n) is 6.51. The molecule has 0 heterocycles. The first-order valence-corrected chi connectivity index (χ1v) is 6.51. The molecule has 0 bridgehead atoms. The Morgan fingerprint density at radius 2 is 1.94 bits per heavy atom. The maximum atomic E-state index is 13.4. The van der Waals surface area contributed by atoms with E-state index in [0.717, 1.165) is 19.3 Å². The lowest BCUT2D eigenvalue weighted by atomic mass is 10.1. The Morgan fingerprint density at radius 3 is 2.47 bits per heavy atom. The van der Waals surface area contributed by atoms with E-state index in [9.17, 15) is 8.78 Å². The minimum Gasteiger partial charge on any atom is -0.375 e. The highest BCUT2D eigenvalue weighted by Crippen LogP contribution is 2.15. The van der Waals surface area contributed by atoms with E-state index in [1.165, 1.54) is 0 Å². The van der Waals surface area contributed by atoms with Crippen molar-refractivity contribution in [1.29, 1.82) is 0 Å². The van der Waals surface area contributed by atoms with Crippen LogP contribution in [0.1, 0.15) is 40.0 Å². The number of alkyl halides is 2. The molecule has 0 spiro atoms. The Morgan fingerprint density at radius 1 is 1.29 bits per heavy atom. The molecule has 104 valence electrons. The van der Waals surface area contributed by atoms with Crippen LogP contribution in [0.3, 0.4) is 0 Å². The molecule has 0 amide bonds. The zero-order valence-corrected chi connectivity index (χ0v) is 11.6. The molecule has 0 aliphatic carbocycles. The van der Waals surface area contributed by atoms with Crippen LogP contribution in [0, 0.1) is 5.92 Å². The van der Waals surface area contributed by atoms with Crippen LogP contribution in [0.5, 0.6) is 0 Å². The lowest BCUT2D eigenvalue weighted by Crippen LogP contribution is -2.38. The highest BCUT2D eigenvalue weighted by atomic mass is 19.3. The van der Waals surface area contributed by atoms with E-state index >= 15 is 0 Å². The summed E-state index contributed by atoms with van der Waals surface area (Å²) in [5.74, 6) is -2.13. The minimum absolute atomic E-state index is 0.217. The maximum Gasteiger partial charge on any atom is 0.283 e. The Balaban J connectivity index is 3.63. The number of nitrogens with zero attached hydrogens (tertiary/aromatic N) is 1. The standard InChI is InChI=1S/C13H27F2NO/c1-5-8-16(4)10-13(14,15)11-17-9-6-7-12(2)3/h12H,5-11H2,1-4H3. The van der Waals surface area contributed by atoms with Gasteiger partial charge in [-0.2, -0.15) is 0 Å². The Labute approximate surface area is 104 Å². The van der Waals surface area contributed by atoms with E-state index < -0.39 is 12.5 Å². The van der Waals surface area contributed by atoms with Crippen LogP contribution >= 0.6 is 0 Å². The van der Waals surface area contributed by atoms with Gasteiger partial charge in [0.25, 0.3) is 5.92 Å². The monoisotopic (exact) mass is 251 g/mol. The molecule has 0 radical (unpaired) electrons. The summed E-state index contributed by atoms with van der Waals surface area (Å²) in [5.41, 5.74) is 0. The van der Waals surface area contributed by atoms with Crippen molar-refractivity contribution in [2.24, 2.45) is 5.92 Å². The number of hydrogen-bond acceptors (Lipinski definition) is 2. The summed E-state index contributed by atoms with van der Waals surface area (Å²) in [6.45, 7) is 6.68. The second-order valence-corrected chi connectivity index (χ2v) is 5.18. The Hall–Kier alpha value is -0.220. The van der Waals surface area contributed by atoms with E-state index in [4.69, 9.17) is 4.74 Å². The summed E-state index contributed by atoms with van der Waals surface area (Å²) < 4.78 is 31.9. The van der Waals surface area contributed by atoms with Crippen molar-refractivity contribution in [2.75, 3.05) is 33.4 Å². The van der Waals surface area contributed by atoms with Gasteiger partial charge in [0.1, 0.15) is 6.61 Å². The first kappa shape index (κ1) is 16.8. The molecule has 0 saturated heterocycles. The van der Waals surface area contributed by atoms with Gasteiger partial charge in [-0.05, 0) is 38.8 Å². The summed E-state index contributed by atoms with van der Waals surface area (Å²) in [5, 5.41) is 0. The van der Waals surface area contributed by atoms with Crippen LogP contribution < -0.4 is 0 Å². The fourth-order valence-corrected chi connectivity index (χ4v) is 1.72. The van der Waals surface area contributed by atoms with E-state index in [1.807, 2.05) is 6.92 Å². The first-order chi connectivity index (χ1) is 7.87. The molecule has 0 saturated carbocycles. The van der Waals surface area contributed by atoms with E-state index in [1.54, 1.807) is 11.9 Å². The fraction of sp³-hybridized carbons (Fsp3) is 1.00. The largest absolute Gasteiger partial charge is 0.375 e. The van der Waals surface area contributed by atoms with Crippen molar-refractivity contribution >= 4 is 0 Å². The molecule has 17 heavy (non-hydrogen) atoms. The van der Waals surface area contributed by atoms with Crippen molar-refractivity contribution < 1.29 is 13.5 Å². The lowest BCUT2D eigenvalue weighted by Gasteiger charge is -2.23. The van der Waals surface area contributed by atoms with Crippen molar-refractivity contribution in [3.05, 3.63) is 0 Å². The van der Waals surface area contributed by atoms with Gasteiger partial charge < -0.3 is 9.64 Å². The normalized spacial score (nSPS) is 12.7. The van der Waals surface area contributed by atoms with Gasteiger partial charge in [-0.25, -0.2) is 8.78 Å². The third-order valence-corrected chi connectivity index (χ3v) is 2.49. The zero-order chi connectivity index (χ0) is 13.3. The quantitative estimate of drug-likeness (QED) is 0.552. The molecule has 0 unspecified atom stereocenters. The van der Waals surface area contributed by atoms with Crippen molar-refractivity contribution in [1.82, 2.24) is 4.90 Å². The third-order valence-electron chi connectivity index (χ3n) is 2.49. The van der Waals surface area contributed by atoms with Gasteiger partial charge in [-0.3, -0.25) is 0 Å². The number of ether oxygens (including phenoxy) is 1. The minimum atomic E-state index is -2.73. The average molecular weight is 251 g/mol. The molecule has 0 aromatic heterocycles. The molecule has 0 N–H and O–H groups in total. The molecular weight excluding hydrogens is 224 g/mol. The van der Waals surface area contributed by atoms with Crippen molar-refractivity contribution in [3.63, 3.8) is 0 Å². The maximum absolute atomic E-state index is 13.4. The SMILES string of the molecule is CCCN(C)CC(F)(F)COCCCC(C)C. The number of halogens is 2. The van der Waals surface area contributed by atoms with Gasteiger partial charge in [-0.15, -0.1) is 0 Å². The average Bonchev–Trinajstić information content (AvgIpc) is 2.15. The highest BCUT2D eigenvalue weighted by Gasteiger charge is 2.30. The summed E-state index contributed by atoms with van der Waals surface area (Å²) in [6, 6.07) is 0. The summed E-state index contributed by atoms with van der Waals surface area (Å²) in [6.07, 6.45) is 2.78.